The summed E-state index contributed by atoms with van der Waals surface area (Å²) >= 11 is 1.40. The summed E-state index contributed by atoms with van der Waals surface area (Å²) < 4.78 is 5.00. The van der Waals surface area contributed by atoms with Gasteiger partial charge in [0, 0.05) is 16.6 Å². The number of benzene rings is 1. The van der Waals surface area contributed by atoms with Crippen LogP contribution in [0.2, 0.25) is 0 Å². The molecule has 7 heteroatoms. The third-order valence-electron chi connectivity index (χ3n) is 2.83. The molecular formula is C14H14N2O4S. The van der Waals surface area contributed by atoms with Gasteiger partial charge in [-0.05, 0) is 23.6 Å². The summed E-state index contributed by atoms with van der Waals surface area (Å²) in [5, 5.41) is 13.5. The number of hydrogen-bond acceptors (Lipinski definition) is 5. The Balaban J connectivity index is 2.16. The normalized spacial score (nSPS) is 11.7. The molecule has 6 nitrogen and oxygen atoms in total. The molecule has 21 heavy (non-hydrogen) atoms. The molecule has 1 amide bonds. The van der Waals surface area contributed by atoms with Gasteiger partial charge in [0.15, 0.2) is 0 Å². The van der Waals surface area contributed by atoms with Gasteiger partial charge in [-0.25, -0.2) is 4.79 Å². The smallest absolute Gasteiger partial charge is 0.339 e. The van der Waals surface area contributed by atoms with E-state index >= 15 is 0 Å². The molecule has 0 spiro atoms. The van der Waals surface area contributed by atoms with Crippen molar-refractivity contribution < 1.29 is 19.4 Å². The predicted molar refractivity (Wildman–Crippen MR) is 79.8 cm³/mol. The number of amides is 1. The van der Waals surface area contributed by atoms with Gasteiger partial charge < -0.3 is 20.9 Å². The zero-order valence-electron chi connectivity index (χ0n) is 11.2. The zero-order valence-corrected chi connectivity index (χ0v) is 12.0. The third kappa shape index (κ3) is 3.39. The first kappa shape index (κ1) is 15.0. The van der Waals surface area contributed by atoms with Crippen LogP contribution in [0.5, 0.6) is 5.75 Å². The topological polar surface area (TPSA) is 102 Å². The van der Waals surface area contributed by atoms with E-state index in [0.29, 0.717) is 5.69 Å². The number of nitrogens with one attached hydrogen (secondary N) is 1. The Morgan fingerprint density at radius 1 is 1.38 bits per heavy atom. The average Bonchev–Trinajstić information content (AvgIpc) is 3.00. The lowest BCUT2D eigenvalue weighted by Gasteiger charge is -2.12. The molecule has 0 radical (unpaired) electrons. The van der Waals surface area contributed by atoms with E-state index in [0.717, 1.165) is 4.88 Å². The van der Waals surface area contributed by atoms with Gasteiger partial charge >= 0.3 is 5.97 Å². The molecule has 110 valence electrons. The molecule has 0 saturated carbocycles. The fraction of sp³-hybridized carbons (Fsp3) is 0.143. The molecule has 1 heterocycles. The van der Waals surface area contributed by atoms with Crippen molar-refractivity contribution in [1.82, 2.24) is 0 Å². The van der Waals surface area contributed by atoms with Crippen LogP contribution >= 0.6 is 11.3 Å². The third-order valence-corrected chi connectivity index (χ3v) is 3.79. The molecule has 2 rings (SSSR count). The van der Waals surface area contributed by atoms with Crippen molar-refractivity contribution in [3.05, 3.63) is 46.2 Å². The number of rotatable bonds is 5. The fourth-order valence-electron chi connectivity index (χ4n) is 1.76. The lowest BCUT2D eigenvalue weighted by atomic mass is 10.1. The quantitative estimate of drug-likeness (QED) is 0.785. The minimum absolute atomic E-state index is 0.0260. The van der Waals surface area contributed by atoms with E-state index in [2.05, 4.69) is 5.32 Å². The first-order chi connectivity index (χ1) is 10.0. The highest BCUT2D eigenvalue weighted by molar-refractivity contribution is 7.10. The molecule has 0 saturated heterocycles. The Morgan fingerprint density at radius 2 is 2.14 bits per heavy atom. The maximum atomic E-state index is 12.0. The van der Waals surface area contributed by atoms with E-state index in [1.54, 1.807) is 6.07 Å². The van der Waals surface area contributed by atoms with Crippen molar-refractivity contribution in [2.24, 2.45) is 5.73 Å². The van der Waals surface area contributed by atoms with Crippen LogP contribution in [-0.4, -0.2) is 24.1 Å². The van der Waals surface area contributed by atoms with E-state index in [1.807, 2.05) is 11.4 Å². The number of carbonyl (C=O) groups excluding carboxylic acids is 1. The van der Waals surface area contributed by atoms with E-state index in [-0.39, 0.29) is 17.2 Å². The van der Waals surface area contributed by atoms with Crippen LogP contribution in [0.15, 0.2) is 35.7 Å². The number of carboxylic acids is 1. The largest absolute Gasteiger partial charge is 0.496 e. The summed E-state index contributed by atoms with van der Waals surface area (Å²) in [4.78, 5) is 23.8. The van der Waals surface area contributed by atoms with Crippen molar-refractivity contribution in [1.29, 1.82) is 0 Å². The van der Waals surface area contributed by atoms with E-state index in [9.17, 15) is 9.59 Å². The first-order valence-electron chi connectivity index (χ1n) is 6.04. The summed E-state index contributed by atoms with van der Waals surface area (Å²) in [5.41, 5.74) is 6.30. The van der Waals surface area contributed by atoms with Gasteiger partial charge in [0.05, 0.1) is 7.11 Å². The highest BCUT2D eigenvalue weighted by Crippen LogP contribution is 2.24. The molecule has 0 aliphatic carbocycles. The molecule has 0 bridgehead atoms. The van der Waals surface area contributed by atoms with Gasteiger partial charge in [0.25, 0.3) is 0 Å². The molecule has 0 aliphatic heterocycles. The molecule has 1 aromatic carbocycles. The van der Waals surface area contributed by atoms with Crippen molar-refractivity contribution in [3.63, 3.8) is 0 Å². The highest BCUT2D eigenvalue weighted by Gasteiger charge is 2.18. The number of thiophene rings is 1. The Kier molecular flexibility index (Phi) is 4.56. The van der Waals surface area contributed by atoms with Crippen LogP contribution in [0.3, 0.4) is 0 Å². The Morgan fingerprint density at radius 3 is 2.71 bits per heavy atom. The lowest BCUT2D eigenvalue weighted by molar-refractivity contribution is -0.117. The zero-order chi connectivity index (χ0) is 15.4. The Bertz CT molecular complexity index is 655. The Hall–Kier alpha value is -2.38. The van der Waals surface area contributed by atoms with Crippen LogP contribution < -0.4 is 15.8 Å². The van der Waals surface area contributed by atoms with E-state index < -0.39 is 12.0 Å². The second-order valence-electron chi connectivity index (χ2n) is 4.20. The minimum Gasteiger partial charge on any atom is -0.496 e. The molecule has 1 atom stereocenters. The Labute approximate surface area is 125 Å². The lowest BCUT2D eigenvalue weighted by Crippen LogP contribution is -2.27. The van der Waals surface area contributed by atoms with Crippen molar-refractivity contribution in [3.8, 4) is 5.75 Å². The first-order valence-corrected chi connectivity index (χ1v) is 6.92. The summed E-state index contributed by atoms with van der Waals surface area (Å²) in [7, 11) is 1.37. The maximum absolute atomic E-state index is 12.0. The van der Waals surface area contributed by atoms with Gasteiger partial charge in [-0.2, -0.15) is 0 Å². The average molecular weight is 306 g/mol. The summed E-state index contributed by atoms with van der Waals surface area (Å²) in [6, 6.07) is 7.14. The number of nitrogens with two attached hydrogens (primary N) is 1. The monoisotopic (exact) mass is 306 g/mol. The van der Waals surface area contributed by atoms with Crippen LogP contribution in [0.4, 0.5) is 5.69 Å². The van der Waals surface area contributed by atoms with Gasteiger partial charge in [-0.3, -0.25) is 4.79 Å². The van der Waals surface area contributed by atoms with E-state index in [1.165, 1.54) is 36.6 Å². The van der Waals surface area contributed by atoms with Gasteiger partial charge in [0.1, 0.15) is 17.4 Å². The molecule has 0 fully saturated rings. The number of anilines is 1. The predicted octanol–water partition coefficient (Wildman–Crippen LogP) is 2.09. The number of methoxy groups -OCH3 is 1. The SMILES string of the molecule is COc1cc(NC(=O)C(N)c2cccs2)ccc1C(=O)O. The molecule has 0 aliphatic rings. The molecular weight excluding hydrogens is 292 g/mol. The van der Waals surface area contributed by atoms with Crippen LogP contribution in [-0.2, 0) is 4.79 Å². The standard InChI is InChI=1S/C14H14N2O4S/c1-20-10-7-8(4-5-9(10)14(18)19)16-13(17)12(15)11-3-2-6-21-11/h2-7,12H,15H2,1H3,(H,16,17)(H,18,19). The number of hydrogen-bond donors (Lipinski definition) is 3. The fourth-order valence-corrected chi connectivity index (χ4v) is 2.49. The molecule has 2 aromatic rings. The number of aromatic carboxylic acids is 1. The summed E-state index contributed by atoms with van der Waals surface area (Å²) in [6.45, 7) is 0. The van der Waals surface area contributed by atoms with Crippen molar-refractivity contribution in [2.45, 2.75) is 6.04 Å². The second-order valence-corrected chi connectivity index (χ2v) is 5.18. The second kappa shape index (κ2) is 6.38. The number of ether oxygens (including phenoxy) is 1. The molecule has 1 aromatic heterocycles. The molecule has 4 N–H and O–H groups in total. The van der Waals surface area contributed by atoms with Gasteiger partial charge in [-0.1, -0.05) is 6.07 Å². The van der Waals surface area contributed by atoms with Crippen LogP contribution in [0, 0.1) is 0 Å². The van der Waals surface area contributed by atoms with Crippen LogP contribution in [0.1, 0.15) is 21.3 Å². The van der Waals surface area contributed by atoms with Crippen LogP contribution in [0.25, 0.3) is 0 Å². The number of carboxylic acid groups (broad SMARTS) is 1. The minimum atomic E-state index is -1.10. The van der Waals surface area contributed by atoms with Crippen molar-refractivity contribution >= 4 is 28.9 Å². The highest BCUT2D eigenvalue weighted by atomic mass is 32.1. The maximum Gasteiger partial charge on any atom is 0.339 e. The number of carbonyl (C=O) groups is 2. The molecule has 1 unspecified atom stereocenters. The summed E-state index contributed by atoms with van der Waals surface area (Å²) in [6.07, 6.45) is 0. The van der Waals surface area contributed by atoms with Gasteiger partial charge in [-0.15, -0.1) is 11.3 Å². The van der Waals surface area contributed by atoms with E-state index in [4.69, 9.17) is 15.6 Å². The van der Waals surface area contributed by atoms with Gasteiger partial charge in [0.2, 0.25) is 5.91 Å². The summed E-state index contributed by atoms with van der Waals surface area (Å²) in [5.74, 6) is -1.30. The van der Waals surface area contributed by atoms with Crippen molar-refractivity contribution in [2.75, 3.05) is 12.4 Å².